The summed E-state index contributed by atoms with van der Waals surface area (Å²) in [6.07, 6.45) is 1.58. The van der Waals surface area contributed by atoms with Crippen LogP contribution in [0.15, 0.2) is 39.6 Å². The zero-order valence-corrected chi connectivity index (χ0v) is 11.5. The summed E-state index contributed by atoms with van der Waals surface area (Å²) < 4.78 is 11.1. The Bertz CT molecular complexity index is 527. The van der Waals surface area contributed by atoms with Gasteiger partial charge in [0.15, 0.2) is 4.67 Å². The molecule has 1 aromatic heterocycles. The van der Waals surface area contributed by atoms with Gasteiger partial charge in [0.05, 0.1) is 19.4 Å². The molecule has 1 unspecified atom stereocenters. The topological polar surface area (TPSA) is 48.4 Å². The Morgan fingerprint density at radius 2 is 2.12 bits per heavy atom. The molecule has 3 nitrogen and oxygen atoms in total. The summed E-state index contributed by atoms with van der Waals surface area (Å²) in [4.78, 5) is 0. The molecule has 1 heterocycles. The molecule has 0 aliphatic carbocycles. The fourth-order valence-corrected chi connectivity index (χ4v) is 2.31. The van der Waals surface area contributed by atoms with Crippen molar-refractivity contribution in [3.8, 4) is 5.75 Å². The van der Waals surface area contributed by atoms with E-state index in [1.165, 1.54) is 0 Å². The summed E-state index contributed by atoms with van der Waals surface area (Å²) in [7, 11) is 1.60. The molecule has 0 aliphatic heterocycles. The smallest absolute Gasteiger partial charge is 0.174 e. The van der Waals surface area contributed by atoms with Crippen LogP contribution in [0, 0.1) is 0 Å². The van der Waals surface area contributed by atoms with Crippen LogP contribution in [-0.4, -0.2) is 7.11 Å². The molecule has 0 amide bonds. The fraction of sp³-hybridized carbons (Fsp3) is 0.167. The molecule has 0 aliphatic rings. The zero-order chi connectivity index (χ0) is 12.4. The van der Waals surface area contributed by atoms with Crippen molar-refractivity contribution < 1.29 is 9.15 Å². The SMILES string of the molecule is COc1ccc(Cl)cc1C(N)c1ccoc1Br. The van der Waals surface area contributed by atoms with Crippen LogP contribution in [0.1, 0.15) is 17.2 Å². The molecule has 0 bridgehead atoms. The highest BCUT2D eigenvalue weighted by Gasteiger charge is 2.18. The molecule has 1 atom stereocenters. The van der Waals surface area contributed by atoms with Crippen LogP contribution in [0.4, 0.5) is 0 Å². The van der Waals surface area contributed by atoms with Crippen molar-refractivity contribution in [1.29, 1.82) is 0 Å². The maximum absolute atomic E-state index is 6.18. The molecular formula is C12H11BrClNO2. The van der Waals surface area contributed by atoms with Gasteiger partial charge in [-0.05, 0) is 40.2 Å². The standard InChI is InChI=1S/C12H11BrClNO2/c1-16-10-3-2-7(14)6-9(10)11(15)8-4-5-17-12(8)13/h2-6,11H,15H2,1H3. The van der Waals surface area contributed by atoms with Crippen molar-refractivity contribution in [3.63, 3.8) is 0 Å². The summed E-state index contributed by atoms with van der Waals surface area (Å²) in [6.45, 7) is 0. The van der Waals surface area contributed by atoms with Crippen LogP contribution in [-0.2, 0) is 0 Å². The van der Waals surface area contributed by atoms with Gasteiger partial charge in [-0.1, -0.05) is 11.6 Å². The zero-order valence-electron chi connectivity index (χ0n) is 9.11. The number of halogens is 2. The number of nitrogens with two attached hydrogens (primary N) is 1. The molecule has 17 heavy (non-hydrogen) atoms. The van der Waals surface area contributed by atoms with E-state index >= 15 is 0 Å². The number of benzene rings is 1. The van der Waals surface area contributed by atoms with Gasteiger partial charge in [-0.2, -0.15) is 0 Å². The summed E-state index contributed by atoms with van der Waals surface area (Å²) in [6, 6.07) is 6.82. The normalized spacial score (nSPS) is 12.5. The molecule has 0 spiro atoms. The van der Waals surface area contributed by atoms with E-state index in [2.05, 4.69) is 15.9 Å². The van der Waals surface area contributed by atoms with Gasteiger partial charge in [0, 0.05) is 16.1 Å². The fourth-order valence-electron chi connectivity index (χ4n) is 1.64. The van der Waals surface area contributed by atoms with Crippen LogP contribution >= 0.6 is 27.5 Å². The molecule has 2 N–H and O–H groups in total. The molecular weight excluding hydrogens is 305 g/mol. The lowest BCUT2D eigenvalue weighted by molar-refractivity contribution is 0.407. The van der Waals surface area contributed by atoms with E-state index in [4.69, 9.17) is 26.5 Å². The predicted octanol–water partition coefficient (Wildman–Crippen LogP) is 3.75. The third-order valence-corrected chi connectivity index (χ3v) is 3.39. The Balaban J connectivity index is 2.46. The second-order valence-corrected chi connectivity index (χ2v) is 4.67. The highest BCUT2D eigenvalue weighted by atomic mass is 79.9. The van der Waals surface area contributed by atoms with Crippen molar-refractivity contribution in [2.24, 2.45) is 5.73 Å². The summed E-state index contributed by atoms with van der Waals surface area (Å²) in [5, 5.41) is 0.621. The molecule has 1 aromatic carbocycles. The second-order valence-electron chi connectivity index (χ2n) is 3.51. The quantitative estimate of drug-likeness (QED) is 0.938. The van der Waals surface area contributed by atoms with Crippen molar-refractivity contribution in [1.82, 2.24) is 0 Å². The number of ether oxygens (including phenoxy) is 1. The summed E-state index contributed by atoms with van der Waals surface area (Å²) in [5.41, 5.74) is 7.85. The Labute approximate surface area is 113 Å². The lowest BCUT2D eigenvalue weighted by Gasteiger charge is -2.15. The van der Waals surface area contributed by atoms with Crippen molar-refractivity contribution in [3.05, 3.63) is 51.3 Å². The van der Waals surface area contributed by atoms with Gasteiger partial charge >= 0.3 is 0 Å². The number of methoxy groups -OCH3 is 1. The average Bonchev–Trinajstić information content (AvgIpc) is 2.74. The van der Waals surface area contributed by atoms with E-state index in [-0.39, 0.29) is 6.04 Å². The molecule has 0 saturated heterocycles. The monoisotopic (exact) mass is 315 g/mol. The maximum Gasteiger partial charge on any atom is 0.174 e. The average molecular weight is 317 g/mol. The molecule has 90 valence electrons. The van der Waals surface area contributed by atoms with Gasteiger partial charge in [-0.15, -0.1) is 0 Å². The van der Waals surface area contributed by atoms with Crippen molar-refractivity contribution in [2.75, 3.05) is 7.11 Å². The number of rotatable bonds is 3. The minimum atomic E-state index is -0.350. The Morgan fingerprint density at radius 3 is 2.71 bits per heavy atom. The number of hydrogen-bond donors (Lipinski definition) is 1. The molecule has 0 radical (unpaired) electrons. The van der Waals surface area contributed by atoms with Crippen LogP contribution < -0.4 is 10.5 Å². The van der Waals surface area contributed by atoms with E-state index < -0.39 is 0 Å². The predicted molar refractivity (Wildman–Crippen MR) is 70.4 cm³/mol. The highest BCUT2D eigenvalue weighted by Crippen LogP contribution is 2.34. The first-order chi connectivity index (χ1) is 8.13. The van der Waals surface area contributed by atoms with Gasteiger partial charge in [-0.3, -0.25) is 0 Å². The molecule has 2 rings (SSSR count). The number of hydrogen-bond acceptors (Lipinski definition) is 3. The van der Waals surface area contributed by atoms with Gasteiger partial charge in [-0.25, -0.2) is 0 Å². The molecule has 2 aromatic rings. The lowest BCUT2D eigenvalue weighted by atomic mass is 10.0. The van der Waals surface area contributed by atoms with E-state index in [0.717, 1.165) is 11.1 Å². The number of furan rings is 1. The maximum atomic E-state index is 6.18. The van der Waals surface area contributed by atoms with Gasteiger partial charge in [0.25, 0.3) is 0 Å². The summed E-state index contributed by atoms with van der Waals surface area (Å²) in [5.74, 6) is 0.704. The van der Waals surface area contributed by atoms with Crippen molar-refractivity contribution >= 4 is 27.5 Å². The van der Waals surface area contributed by atoms with Crippen molar-refractivity contribution in [2.45, 2.75) is 6.04 Å². The van der Waals surface area contributed by atoms with E-state index in [1.807, 2.05) is 6.07 Å². The van der Waals surface area contributed by atoms with Gasteiger partial charge in [0.1, 0.15) is 5.75 Å². The molecule has 0 saturated carbocycles. The minimum absolute atomic E-state index is 0.350. The lowest BCUT2D eigenvalue weighted by Crippen LogP contribution is -2.12. The highest BCUT2D eigenvalue weighted by molar-refractivity contribution is 9.10. The third kappa shape index (κ3) is 2.49. The second kappa shape index (κ2) is 5.12. The van der Waals surface area contributed by atoms with E-state index in [1.54, 1.807) is 31.6 Å². The Hall–Kier alpha value is -0.970. The largest absolute Gasteiger partial charge is 0.496 e. The van der Waals surface area contributed by atoms with Gasteiger partial charge in [0.2, 0.25) is 0 Å². The Morgan fingerprint density at radius 1 is 1.35 bits per heavy atom. The minimum Gasteiger partial charge on any atom is -0.496 e. The first kappa shape index (κ1) is 12.5. The molecule has 5 heteroatoms. The van der Waals surface area contributed by atoms with Crippen LogP contribution in [0.2, 0.25) is 5.02 Å². The first-order valence-corrected chi connectivity index (χ1v) is 6.12. The van der Waals surface area contributed by atoms with Gasteiger partial charge < -0.3 is 14.9 Å². The van der Waals surface area contributed by atoms with E-state index in [9.17, 15) is 0 Å². The first-order valence-electron chi connectivity index (χ1n) is 4.95. The molecule has 0 fully saturated rings. The van der Waals surface area contributed by atoms with Crippen LogP contribution in [0.5, 0.6) is 5.75 Å². The Kier molecular flexibility index (Phi) is 3.76. The van der Waals surface area contributed by atoms with E-state index in [0.29, 0.717) is 15.4 Å². The third-order valence-electron chi connectivity index (χ3n) is 2.51. The van der Waals surface area contributed by atoms with Crippen LogP contribution in [0.3, 0.4) is 0 Å². The summed E-state index contributed by atoms with van der Waals surface area (Å²) >= 11 is 9.28. The van der Waals surface area contributed by atoms with Crippen LogP contribution in [0.25, 0.3) is 0 Å².